The highest BCUT2D eigenvalue weighted by atomic mass is 16.6. The largest absolute Gasteiger partial charge is 0.503 e. The molecule has 2 atom stereocenters. The van der Waals surface area contributed by atoms with E-state index in [0.717, 1.165) is 12.3 Å². The zero-order valence-corrected chi connectivity index (χ0v) is 11.7. The summed E-state index contributed by atoms with van der Waals surface area (Å²) in [5, 5.41) is 26.4. The maximum atomic E-state index is 11.5. The van der Waals surface area contributed by atoms with E-state index < -0.39 is 17.3 Å². The fourth-order valence-corrected chi connectivity index (χ4v) is 1.99. The van der Waals surface area contributed by atoms with Crippen molar-refractivity contribution in [1.29, 1.82) is 0 Å². The molecule has 10 nitrogen and oxygen atoms in total. The van der Waals surface area contributed by atoms with Gasteiger partial charge in [0.2, 0.25) is 11.3 Å². The van der Waals surface area contributed by atoms with Crippen LogP contribution in [-0.2, 0) is 16.1 Å². The average Bonchev–Trinajstić information content (AvgIpc) is 2.46. The van der Waals surface area contributed by atoms with Gasteiger partial charge in [0.15, 0.2) is 5.75 Å². The van der Waals surface area contributed by atoms with Gasteiger partial charge in [-0.05, 0) is 7.05 Å². The third kappa shape index (κ3) is 3.28. The van der Waals surface area contributed by atoms with Gasteiger partial charge < -0.3 is 31.0 Å². The fraction of sp³-hybridized carbons (Fsp3) is 0.417. The van der Waals surface area contributed by atoms with Crippen molar-refractivity contribution in [3.63, 3.8) is 0 Å². The average molecular weight is 312 g/mol. The molecule has 0 bridgehead atoms. The van der Waals surface area contributed by atoms with Crippen LogP contribution in [0.4, 0.5) is 4.79 Å². The maximum absolute atomic E-state index is 11.5. The SMILES string of the molecule is CNC1C(=O)NC1CNC(=O)OCc1cc(=O)c(O)cn1O. The number of alkyl carbamates (subject to hydrolysis) is 1. The van der Waals surface area contributed by atoms with Crippen LogP contribution in [0.3, 0.4) is 0 Å². The Morgan fingerprint density at radius 3 is 2.86 bits per heavy atom. The molecule has 1 aliphatic rings. The summed E-state index contributed by atoms with van der Waals surface area (Å²) in [6.07, 6.45) is 0.0388. The van der Waals surface area contributed by atoms with E-state index in [1.807, 2.05) is 0 Å². The van der Waals surface area contributed by atoms with Gasteiger partial charge in [-0.1, -0.05) is 0 Å². The van der Waals surface area contributed by atoms with E-state index in [1.54, 1.807) is 7.05 Å². The van der Waals surface area contributed by atoms with E-state index in [4.69, 9.17) is 9.84 Å². The van der Waals surface area contributed by atoms with Crippen LogP contribution >= 0.6 is 0 Å². The fourth-order valence-electron chi connectivity index (χ4n) is 1.99. The summed E-state index contributed by atoms with van der Waals surface area (Å²) < 4.78 is 5.33. The Morgan fingerprint density at radius 1 is 1.50 bits per heavy atom. The molecule has 0 saturated carbocycles. The molecule has 0 spiro atoms. The van der Waals surface area contributed by atoms with Gasteiger partial charge in [-0.25, -0.2) is 4.79 Å². The number of nitrogens with zero attached hydrogens (tertiary/aromatic N) is 1. The molecule has 1 fully saturated rings. The van der Waals surface area contributed by atoms with Gasteiger partial charge in [0, 0.05) is 12.6 Å². The molecular formula is C12H16N4O6. The standard InChI is InChI=1S/C12H16N4O6/c1-13-10-7(15-11(10)19)3-14-12(20)22-5-6-2-8(17)9(18)4-16(6)21/h2,4,7,10,13,18,21H,3,5H2,1H3,(H,14,20)(H,15,19). The zero-order valence-electron chi connectivity index (χ0n) is 11.7. The van der Waals surface area contributed by atoms with E-state index in [0.29, 0.717) is 4.73 Å². The first kappa shape index (κ1) is 15.6. The Kier molecular flexibility index (Phi) is 4.51. The first-order valence-corrected chi connectivity index (χ1v) is 6.44. The minimum absolute atomic E-state index is 0.00278. The third-order valence-corrected chi connectivity index (χ3v) is 3.23. The molecule has 22 heavy (non-hydrogen) atoms. The molecule has 1 aromatic rings. The van der Waals surface area contributed by atoms with E-state index in [1.165, 1.54) is 0 Å². The van der Waals surface area contributed by atoms with Gasteiger partial charge in [-0.3, -0.25) is 9.59 Å². The van der Waals surface area contributed by atoms with Crippen LogP contribution in [0, 0.1) is 0 Å². The summed E-state index contributed by atoms with van der Waals surface area (Å²) in [7, 11) is 1.64. The number of likely N-dealkylation sites (N-methyl/N-ethyl adjacent to an activating group) is 1. The predicted molar refractivity (Wildman–Crippen MR) is 72.5 cm³/mol. The second-order valence-electron chi connectivity index (χ2n) is 4.70. The Morgan fingerprint density at radius 2 is 2.23 bits per heavy atom. The maximum Gasteiger partial charge on any atom is 0.407 e. The second kappa shape index (κ2) is 6.35. The number of hydrogen-bond acceptors (Lipinski definition) is 7. The van der Waals surface area contributed by atoms with E-state index in [-0.39, 0.29) is 36.8 Å². The molecule has 0 aliphatic carbocycles. The van der Waals surface area contributed by atoms with Crippen LogP contribution in [-0.4, -0.2) is 52.7 Å². The molecule has 2 heterocycles. The van der Waals surface area contributed by atoms with Crippen molar-refractivity contribution in [3.8, 4) is 5.75 Å². The molecule has 5 N–H and O–H groups in total. The summed E-state index contributed by atoms with van der Waals surface area (Å²) >= 11 is 0. The van der Waals surface area contributed by atoms with Crippen LogP contribution in [0.1, 0.15) is 5.69 Å². The van der Waals surface area contributed by atoms with Gasteiger partial charge in [0.1, 0.15) is 12.6 Å². The van der Waals surface area contributed by atoms with Crippen molar-refractivity contribution in [2.75, 3.05) is 13.6 Å². The van der Waals surface area contributed by atoms with Crippen LogP contribution in [0.5, 0.6) is 5.75 Å². The number of β-lactam (4-membered cyclic amide) rings is 1. The number of pyridine rings is 1. The van der Waals surface area contributed by atoms with Crippen molar-refractivity contribution < 1.29 is 24.6 Å². The van der Waals surface area contributed by atoms with Crippen molar-refractivity contribution in [2.45, 2.75) is 18.7 Å². The lowest BCUT2D eigenvalue weighted by molar-refractivity contribution is -0.131. The zero-order chi connectivity index (χ0) is 16.3. The van der Waals surface area contributed by atoms with E-state index in [9.17, 15) is 19.6 Å². The topological polar surface area (TPSA) is 142 Å². The number of rotatable bonds is 5. The summed E-state index contributed by atoms with van der Waals surface area (Å²) in [5.74, 6) is -0.759. The highest BCUT2D eigenvalue weighted by Gasteiger charge is 2.37. The smallest absolute Gasteiger partial charge is 0.407 e. The van der Waals surface area contributed by atoms with Gasteiger partial charge in [-0.15, -0.1) is 0 Å². The monoisotopic (exact) mass is 312 g/mol. The number of carbonyl (C=O) groups excluding carboxylic acids is 2. The molecule has 10 heteroatoms. The van der Waals surface area contributed by atoms with Gasteiger partial charge >= 0.3 is 6.09 Å². The molecule has 2 unspecified atom stereocenters. The quantitative estimate of drug-likeness (QED) is 0.316. The van der Waals surface area contributed by atoms with Crippen molar-refractivity contribution in [2.24, 2.45) is 0 Å². The van der Waals surface area contributed by atoms with Gasteiger partial charge in [0.25, 0.3) is 0 Å². The van der Waals surface area contributed by atoms with Crippen LogP contribution in [0.15, 0.2) is 17.1 Å². The number of ether oxygens (including phenoxy) is 1. The number of aromatic nitrogens is 1. The Bertz CT molecular complexity index is 643. The summed E-state index contributed by atoms with van der Waals surface area (Å²) in [5.41, 5.74) is -0.693. The molecule has 2 rings (SSSR count). The Balaban J connectivity index is 1.80. The minimum Gasteiger partial charge on any atom is -0.503 e. The molecule has 1 aromatic heterocycles. The lowest BCUT2D eigenvalue weighted by Gasteiger charge is -2.36. The molecule has 2 amide bonds. The van der Waals surface area contributed by atoms with Gasteiger partial charge in [-0.2, -0.15) is 4.73 Å². The lowest BCUT2D eigenvalue weighted by Crippen LogP contribution is -2.70. The van der Waals surface area contributed by atoms with Crippen molar-refractivity contribution >= 4 is 12.0 Å². The number of aromatic hydroxyl groups is 1. The molecule has 120 valence electrons. The first-order chi connectivity index (χ1) is 10.4. The molecular weight excluding hydrogens is 296 g/mol. The Hall–Kier alpha value is -2.75. The minimum atomic E-state index is -0.767. The second-order valence-corrected chi connectivity index (χ2v) is 4.70. The lowest BCUT2D eigenvalue weighted by atomic mass is 9.99. The molecule has 1 saturated heterocycles. The predicted octanol–water partition coefficient (Wildman–Crippen LogP) is -1.90. The van der Waals surface area contributed by atoms with Crippen LogP contribution in [0.2, 0.25) is 0 Å². The third-order valence-electron chi connectivity index (χ3n) is 3.23. The van der Waals surface area contributed by atoms with Crippen molar-refractivity contribution in [3.05, 3.63) is 28.2 Å². The number of nitrogens with one attached hydrogen (secondary N) is 3. The number of carbonyl (C=O) groups is 2. The highest BCUT2D eigenvalue weighted by molar-refractivity contribution is 5.89. The number of hydrogen-bond donors (Lipinski definition) is 5. The van der Waals surface area contributed by atoms with Crippen molar-refractivity contribution in [1.82, 2.24) is 20.7 Å². The normalized spacial score (nSPS) is 20.0. The van der Waals surface area contributed by atoms with Crippen LogP contribution in [0.25, 0.3) is 0 Å². The summed E-state index contributed by atoms with van der Waals surface area (Å²) in [4.78, 5) is 33.9. The molecule has 0 aromatic carbocycles. The van der Waals surface area contributed by atoms with E-state index >= 15 is 0 Å². The molecule has 0 radical (unpaired) electrons. The summed E-state index contributed by atoms with van der Waals surface area (Å²) in [6, 6.07) is 0.362. The Labute approximate surface area is 124 Å². The van der Waals surface area contributed by atoms with Gasteiger partial charge in [0.05, 0.1) is 17.9 Å². The number of amides is 2. The summed E-state index contributed by atoms with van der Waals surface area (Å²) in [6.45, 7) is -0.179. The van der Waals surface area contributed by atoms with E-state index in [2.05, 4.69) is 16.0 Å². The first-order valence-electron chi connectivity index (χ1n) is 6.44. The molecule has 1 aliphatic heterocycles. The highest BCUT2D eigenvalue weighted by Crippen LogP contribution is 2.06. The van der Waals surface area contributed by atoms with Crippen LogP contribution < -0.4 is 21.4 Å².